The zero-order chi connectivity index (χ0) is 24.3. The fourth-order valence-electron chi connectivity index (χ4n) is 4.14. The molecule has 1 aromatic heterocycles. The molecule has 0 bridgehead atoms. The largest absolute Gasteiger partial charge is 0.490 e. The predicted octanol–water partition coefficient (Wildman–Crippen LogP) is 2.84. The van der Waals surface area contributed by atoms with Crippen LogP contribution in [0.25, 0.3) is 0 Å². The highest BCUT2D eigenvalue weighted by Crippen LogP contribution is 2.35. The lowest BCUT2D eigenvalue weighted by atomic mass is 9.85. The van der Waals surface area contributed by atoms with Gasteiger partial charge in [-0.15, -0.1) is 11.3 Å². The van der Waals surface area contributed by atoms with Gasteiger partial charge < -0.3 is 14.9 Å². The minimum atomic E-state index is -5.08. The number of hydrogen-bond acceptors (Lipinski definition) is 5. The molecule has 1 spiro atoms. The van der Waals surface area contributed by atoms with Crippen LogP contribution in [0, 0.1) is 18.3 Å². The van der Waals surface area contributed by atoms with Gasteiger partial charge in [0.05, 0.1) is 0 Å². The number of amides is 2. The molecule has 2 amide bonds. The number of aliphatic carboxylic acids is 1. The second-order valence-corrected chi connectivity index (χ2v) is 10.2. The maximum atomic E-state index is 12.6. The standard InChI is InChI=1S/C19H29N3O2S.C2HF3O2/c1-14(2)18(24)22-8-7-21(10-16-6-5-15(3)25-16)12-19(13-22)9-17(23)20(4)11-19;3-2(4,5)1(6)7/h5-6,14H,7-13H2,1-4H3;(H,6,7). The zero-order valence-corrected chi connectivity index (χ0v) is 19.6. The first kappa shape index (κ1) is 26.1. The number of carbonyl (C=O) groups excluding carboxylic acids is 2. The average Bonchev–Trinajstić information content (AvgIpc) is 3.13. The van der Waals surface area contributed by atoms with E-state index in [1.807, 2.05) is 42.0 Å². The Balaban J connectivity index is 0.000000451. The minimum absolute atomic E-state index is 0.00150. The smallest absolute Gasteiger partial charge is 0.475 e. The first-order chi connectivity index (χ1) is 14.7. The van der Waals surface area contributed by atoms with E-state index < -0.39 is 12.1 Å². The van der Waals surface area contributed by atoms with E-state index >= 15 is 0 Å². The summed E-state index contributed by atoms with van der Waals surface area (Å²) in [5.74, 6) is -2.35. The van der Waals surface area contributed by atoms with Crippen molar-refractivity contribution >= 4 is 29.1 Å². The normalized spacial score (nSPS) is 22.2. The van der Waals surface area contributed by atoms with Crippen molar-refractivity contribution in [3.8, 4) is 0 Å². The monoisotopic (exact) mass is 477 g/mol. The summed E-state index contributed by atoms with van der Waals surface area (Å²) < 4.78 is 31.7. The summed E-state index contributed by atoms with van der Waals surface area (Å²) in [7, 11) is 1.88. The molecule has 3 heterocycles. The first-order valence-electron chi connectivity index (χ1n) is 10.3. The SMILES string of the molecule is Cc1ccc(CN2CCN(C(=O)C(C)C)CC3(CC(=O)N(C)C3)C2)s1.O=C(O)C(F)(F)F. The lowest BCUT2D eigenvalue weighted by Gasteiger charge is -2.33. The quantitative estimate of drug-likeness (QED) is 0.724. The summed E-state index contributed by atoms with van der Waals surface area (Å²) in [6.07, 6.45) is -4.54. The molecule has 3 rings (SSSR count). The summed E-state index contributed by atoms with van der Waals surface area (Å²) in [5, 5.41) is 7.12. The van der Waals surface area contributed by atoms with Crippen molar-refractivity contribution in [3.63, 3.8) is 0 Å². The number of halogens is 3. The van der Waals surface area contributed by atoms with Crippen LogP contribution in [-0.2, 0) is 20.9 Å². The lowest BCUT2D eigenvalue weighted by molar-refractivity contribution is -0.192. The third-order valence-electron chi connectivity index (χ3n) is 5.52. The third kappa shape index (κ3) is 6.93. The van der Waals surface area contributed by atoms with Crippen LogP contribution < -0.4 is 0 Å². The Bertz CT molecular complexity index is 843. The minimum Gasteiger partial charge on any atom is -0.475 e. The molecule has 0 saturated carbocycles. The van der Waals surface area contributed by atoms with Crippen LogP contribution in [-0.4, -0.2) is 83.5 Å². The fraction of sp³-hybridized carbons (Fsp3) is 0.667. The van der Waals surface area contributed by atoms with E-state index in [4.69, 9.17) is 9.90 Å². The highest BCUT2D eigenvalue weighted by molar-refractivity contribution is 7.11. The molecule has 0 aliphatic carbocycles. The third-order valence-corrected chi connectivity index (χ3v) is 6.50. The summed E-state index contributed by atoms with van der Waals surface area (Å²) in [6.45, 7) is 10.9. The molecule has 0 radical (unpaired) electrons. The van der Waals surface area contributed by atoms with Gasteiger partial charge in [-0.3, -0.25) is 14.5 Å². The number of carboxylic acids is 1. The van der Waals surface area contributed by atoms with Crippen molar-refractivity contribution in [2.45, 2.75) is 39.9 Å². The van der Waals surface area contributed by atoms with Crippen molar-refractivity contribution < 1.29 is 32.7 Å². The highest BCUT2D eigenvalue weighted by Gasteiger charge is 2.46. The second kappa shape index (κ2) is 10.2. The molecule has 180 valence electrons. The number of carbonyl (C=O) groups is 3. The maximum absolute atomic E-state index is 12.6. The molecular formula is C21H30F3N3O4S. The van der Waals surface area contributed by atoms with Crippen molar-refractivity contribution in [2.24, 2.45) is 11.3 Å². The van der Waals surface area contributed by atoms with E-state index in [9.17, 15) is 22.8 Å². The number of hydrogen-bond donors (Lipinski definition) is 1. The van der Waals surface area contributed by atoms with Gasteiger partial charge in [0, 0.05) is 73.8 Å². The number of likely N-dealkylation sites (tertiary alicyclic amines) is 1. The summed E-state index contributed by atoms with van der Waals surface area (Å²) in [5.41, 5.74) is -0.140. The van der Waals surface area contributed by atoms with Gasteiger partial charge in [0.15, 0.2) is 0 Å². The number of nitrogens with zero attached hydrogens (tertiary/aromatic N) is 3. The van der Waals surface area contributed by atoms with Gasteiger partial charge in [-0.2, -0.15) is 13.2 Å². The Hall–Kier alpha value is -2.14. The number of carboxylic acid groups (broad SMARTS) is 1. The molecule has 2 saturated heterocycles. The number of thiophene rings is 1. The fourth-order valence-corrected chi connectivity index (χ4v) is 5.08. The van der Waals surface area contributed by atoms with Gasteiger partial charge in [0.1, 0.15) is 0 Å². The van der Waals surface area contributed by atoms with Gasteiger partial charge >= 0.3 is 12.1 Å². The molecular weight excluding hydrogens is 447 g/mol. The van der Waals surface area contributed by atoms with Gasteiger partial charge in [0.25, 0.3) is 0 Å². The highest BCUT2D eigenvalue weighted by atomic mass is 32.1. The van der Waals surface area contributed by atoms with Crippen molar-refractivity contribution in [1.29, 1.82) is 0 Å². The Morgan fingerprint density at radius 3 is 2.25 bits per heavy atom. The van der Waals surface area contributed by atoms with Crippen LogP contribution in [0.2, 0.25) is 0 Å². The molecule has 32 heavy (non-hydrogen) atoms. The van der Waals surface area contributed by atoms with Gasteiger partial charge in [0.2, 0.25) is 11.8 Å². The maximum Gasteiger partial charge on any atom is 0.490 e. The second-order valence-electron chi connectivity index (χ2n) is 8.87. The molecule has 2 aliphatic rings. The molecule has 1 N–H and O–H groups in total. The Morgan fingerprint density at radius 1 is 1.19 bits per heavy atom. The van der Waals surface area contributed by atoms with Crippen molar-refractivity contribution in [1.82, 2.24) is 14.7 Å². The van der Waals surface area contributed by atoms with Gasteiger partial charge in [-0.05, 0) is 19.1 Å². The lowest BCUT2D eigenvalue weighted by Crippen LogP contribution is -2.45. The topological polar surface area (TPSA) is 81.2 Å². The molecule has 0 aromatic carbocycles. The predicted molar refractivity (Wildman–Crippen MR) is 114 cm³/mol. The first-order valence-corrected chi connectivity index (χ1v) is 11.1. The van der Waals surface area contributed by atoms with Crippen LogP contribution >= 0.6 is 11.3 Å². The van der Waals surface area contributed by atoms with Gasteiger partial charge in [-0.1, -0.05) is 13.8 Å². The zero-order valence-electron chi connectivity index (χ0n) is 18.7. The van der Waals surface area contributed by atoms with Crippen LogP contribution in [0.4, 0.5) is 13.2 Å². The molecule has 2 aliphatic heterocycles. The molecule has 7 nitrogen and oxygen atoms in total. The van der Waals surface area contributed by atoms with E-state index in [2.05, 4.69) is 24.0 Å². The van der Waals surface area contributed by atoms with Crippen LogP contribution in [0.15, 0.2) is 12.1 Å². The van der Waals surface area contributed by atoms with E-state index in [-0.39, 0.29) is 23.1 Å². The molecule has 11 heteroatoms. The van der Waals surface area contributed by atoms with Crippen LogP contribution in [0.3, 0.4) is 0 Å². The Labute approximate surface area is 189 Å². The Morgan fingerprint density at radius 2 is 1.81 bits per heavy atom. The summed E-state index contributed by atoms with van der Waals surface area (Å²) in [4.78, 5) is 42.7. The van der Waals surface area contributed by atoms with Crippen LogP contribution in [0.1, 0.15) is 30.0 Å². The number of rotatable bonds is 3. The number of alkyl halides is 3. The van der Waals surface area contributed by atoms with E-state index in [1.54, 1.807) is 0 Å². The van der Waals surface area contributed by atoms with Crippen molar-refractivity contribution in [2.75, 3.05) is 39.8 Å². The van der Waals surface area contributed by atoms with E-state index in [0.29, 0.717) is 13.0 Å². The Kier molecular flexibility index (Phi) is 8.33. The average molecular weight is 478 g/mol. The molecule has 2 fully saturated rings. The number of aryl methyl sites for hydroxylation is 1. The van der Waals surface area contributed by atoms with Crippen LogP contribution in [0.5, 0.6) is 0 Å². The molecule has 1 aromatic rings. The van der Waals surface area contributed by atoms with E-state index in [0.717, 1.165) is 32.7 Å². The molecule has 1 unspecified atom stereocenters. The molecule has 1 atom stereocenters. The summed E-state index contributed by atoms with van der Waals surface area (Å²) in [6, 6.07) is 4.36. The summed E-state index contributed by atoms with van der Waals surface area (Å²) >= 11 is 1.83. The van der Waals surface area contributed by atoms with Gasteiger partial charge in [-0.25, -0.2) is 4.79 Å². The van der Waals surface area contributed by atoms with E-state index in [1.165, 1.54) is 9.75 Å². The van der Waals surface area contributed by atoms with Crippen molar-refractivity contribution in [3.05, 3.63) is 21.9 Å².